The van der Waals surface area contributed by atoms with Crippen LogP contribution in [0.1, 0.15) is 42.1 Å². The zero-order valence-corrected chi connectivity index (χ0v) is 11.1. The molecule has 0 aromatic carbocycles. The van der Waals surface area contributed by atoms with Crippen molar-refractivity contribution in [1.29, 1.82) is 0 Å². The van der Waals surface area contributed by atoms with Crippen LogP contribution in [0.5, 0.6) is 0 Å². The van der Waals surface area contributed by atoms with Crippen LogP contribution < -0.4 is 11.1 Å². The number of aromatic nitrogens is 3. The molecule has 1 aliphatic carbocycles. The molecule has 6 heteroatoms. The summed E-state index contributed by atoms with van der Waals surface area (Å²) >= 11 is 0. The van der Waals surface area contributed by atoms with Crippen LogP contribution in [-0.4, -0.2) is 20.7 Å². The number of rotatable bonds is 3. The first kappa shape index (κ1) is 12.7. The third-order valence-electron chi connectivity index (χ3n) is 3.60. The van der Waals surface area contributed by atoms with Crippen LogP contribution in [0.3, 0.4) is 0 Å². The Balaban J connectivity index is 1.70. The molecule has 20 heavy (non-hydrogen) atoms. The molecule has 0 spiro atoms. The van der Waals surface area contributed by atoms with Gasteiger partial charge in [-0.2, -0.15) is 5.10 Å². The van der Waals surface area contributed by atoms with Crippen LogP contribution in [0.4, 0.5) is 11.5 Å². The number of nitrogens with zero attached hydrogens (tertiary/aromatic N) is 3. The van der Waals surface area contributed by atoms with Crippen LogP contribution in [0.2, 0.25) is 0 Å². The predicted octanol–water partition coefficient (Wildman–Crippen LogP) is 2.23. The average molecular weight is 271 g/mol. The molecule has 0 atom stereocenters. The smallest absolute Gasteiger partial charge is 0.255 e. The molecule has 2 heterocycles. The van der Waals surface area contributed by atoms with Gasteiger partial charge in [0.25, 0.3) is 5.91 Å². The SMILES string of the molecule is Nc1cc(C(=O)Nc2cnn(C3CCCC3)c2)ccn1. The molecule has 1 fully saturated rings. The van der Waals surface area contributed by atoms with Gasteiger partial charge in [0.05, 0.1) is 17.9 Å². The zero-order chi connectivity index (χ0) is 13.9. The Kier molecular flexibility index (Phi) is 3.37. The Morgan fingerprint density at radius 3 is 2.95 bits per heavy atom. The molecular formula is C14H17N5O. The van der Waals surface area contributed by atoms with Crippen molar-refractivity contribution < 1.29 is 4.79 Å². The van der Waals surface area contributed by atoms with Crippen molar-refractivity contribution in [3.8, 4) is 0 Å². The molecule has 0 bridgehead atoms. The quantitative estimate of drug-likeness (QED) is 0.896. The van der Waals surface area contributed by atoms with E-state index in [1.54, 1.807) is 18.3 Å². The lowest BCUT2D eigenvalue weighted by Gasteiger charge is -2.08. The van der Waals surface area contributed by atoms with Crippen molar-refractivity contribution in [2.75, 3.05) is 11.1 Å². The molecule has 2 aromatic heterocycles. The summed E-state index contributed by atoms with van der Waals surface area (Å²) in [4.78, 5) is 15.9. The fraction of sp³-hybridized carbons (Fsp3) is 0.357. The van der Waals surface area contributed by atoms with E-state index in [2.05, 4.69) is 15.4 Å². The van der Waals surface area contributed by atoms with Crippen LogP contribution in [-0.2, 0) is 0 Å². The molecule has 3 rings (SSSR count). The van der Waals surface area contributed by atoms with Crippen LogP contribution in [0.15, 0.2) is 30.7 Å². The van der Waals surface area contributed by atoms with Crippen LogP contribution in [0, 0.1) is 0 Å². The van der Waals surface area contributed by atoms with Gasteiger partial charge in [0, 0.05) is 18.0 Å². The van der Waals surface area contributed by atoms with Crippen molar-refractivity contribution in [2.24, 2.45) is 0 Å². The molecule has 2 aromatic rings. The number of carbonyl (C=O) groups excluding carboxylic acids is 1. The summed E-state index contributed by atoms with van der Waals surface area (Å²) in [5.74, 6) is 0.129. The molecule has 6 nitrogen and oxygen atoms in total. The molecule has 104 valence electrons. The van der Waals surface area contributed by atoms with E-state index in [4.69, 9.17) is 5.73 Å². The van der Waals surface area contributed by atoms with Gasteiger partial charge in [0.2, 0.25) is 0 Å². The Morgan fingerprint density at radius 2 is 2.20 bits per heavy atom. The Labute approximate surface area is 117 Å². The van der Waals surface area contributed by atoms with Gasteiger partial charge in [-0.05, 0) is 25.0 Å². The standard InChI is InChI=1S/C14H17N5O/c15-13-7-10(5-6-16-13)14(20)18-11-8-17-19(9-11)12-3-1-2-4-12/h5-9,12H,1-4H2,(H2,15,16)(H,18,20). The third kappa shape index (κ3) is 2.64. The van der Waals surface area contributed by atoms with Gasteiger partial charge in [-0.3, -0.25) is 9.48 Å². The van der Waals surface area contributed by atoms with Gasteiger partial charge in [-0.15, -0.1) is 0 Å². The first-order valence-electron chi connectivity index (χ1n) is 6.79. The number of hydrogen-bond donors (Lipinski definition) is 2. The highest BCUT2D eigenvalue weighted by molar-refractivity contribution is 6.04. The maximum absolute atomic E-state index is 12.1. The number of anilines is 2. The van der Waals surface area contributed by atoms with E-state index >= 15 is 0 Å². The molecule has 1 saturated carbocycles. The van der Waals surface area contributed by atoms with Gasteiger partial charge in [-0.1, -0.05) is 12.8 Å². The first-order valence-corrected chi connectivity index (χ1v) is 6.79. The fourth-order valence-corrected chi connectivity index (χ4v) is 2.56. The van der Waals surface area contributed by atoms with Gasteiger partial charge < -0.3 is 11.1 Å². The zero-order valence-electron chi connectivity index (χ0n) is 11.1. The molecule has 3 N–H and O–H groups in total. The molecule has 0 radical (unpaired) electrons. The van der Waals surface area contributed by atoms with Gasteiger partial charge >= 0.3 is 0 Å². The van der Waals surface area contributed by atoms with E-state index in [-0.39, 0.29) is 5.91 Å². The molecule has 0 saturated heterocycles. The minimum atomic E-state index is -0.204. The highest BCUT2D eigenvalue weighted by Gasteiger charge is 2.18. The maximum atomic E-state index is 12.1. The van der Waals surface area contributed by atoms with Crippen molar-refractivity contribution in [3.63, 3.8) is 0 Å². The van der Waals surface area contributed by atoms with Gasteiger partial charge in [0.15, 0.2) is 0 Å². The molecular weight excluding hydrogens is 254 g/mol. The summed E-state index contributed by atoms with van der Waals surface area (Å²) in [7, 11) is 0. The lowest BCUT2D eigenvalue weighted by atomic mass is 10.2. The molecule has 0 aliphatic heterocycles. The van der Waals surface area contributed by atoms with E-state index in [1.807, 2.05) is 10.9 Å². The number of hydrogen-bond acceptors (Lipinski definition) is 4. The molecule has 1 aliphatic rings. The van der Waals surface area contributed by atoms with E-state index in [1.165, 1.54) is 19.0 Å². The van der Waals surface area contributed by atoms with Crippen LogP contribution >= 0.6 is 0 Å². The second kappa shape index (κ2) is 5.32. The molecule has 1 amide bonds. The number of nitrogens with two attached hydrogens (primary N) is 1. The Bertz CT molecular complexity index is 616. The highest BCUT2D eigenvalue weighted by Crippen LogP contribution is 2.29. The minimum Gasteiger partial charge on any atom is -0.384 e. The lowest BCUT2D eigenvalue weighted by Crippen LogP contribution is -2.12. The predicted molar refractivity (Wildman–Crippen MR) is 76.3 cm³/mol. The minimum absolute atomic E-state index is 0.204. The van der Waals surface area contributed by atoms with Crippen molar-refractivity contribution in [3.05, 3.63) is 36.3 Å². The lowest BCUT2D eigenvalue weighted by molar-refractivity contribution is 0.102. The number of nitrogens with one attached hydrogen (secondary N) is 1. The van der Waals surface area contributed by atoms with Crippen molar-refractivity contribution in [1.82, 2.24) is 14.8 Å². The Hall–Kier alpha value is -2.37. The number of nitrogen functional groups attached to an aromatic ring is 1. The summed E-state index contributed by atoms with van der Waals surface area (Å²) in [6.45, 7) is 0. The average Bonchev–Trinajstić information content (AvgIpc) is 3.08. The summed E-state index contributed by atoms with van der Waals surface area (Å²) in [6, 6.07) is 3.65. The summed E-state index contributed by atoms with van der Waals surface area (Å²) in [5.41, 5.74) is 6.77. The van der Waals surface area contributed by atoms with Crippen molar-refractivity contribution >= 4 is 17.4 Å². The Morgan fingerprint density at radius 1 is 1.40 bits per heavy atom. The van der Waals surface area contributed by atoms with E-state index in [9.17, 15) is 4.79 Å². The first-order chi connectivity index (χ1) is 9.72. The number of amides is 1. The van der Waals surface area contributed by atoms with E-state index in [0.29, 0.717) is 23.1 Å². The topological polar surface area (TPSA) is 85.8 Å². The van der Waals surface area contributed by atoms with Crippen LogP contribution in [0.25, 0.3) is 0 Å². The van der Waals surface area contributed by atoms with Gasteiger partial charge in [0.1, 0.15) is 5.82 Å². The maximum Gasteiger partial charge on any atom is 0.255 e. The molecule has 0 unspecified atom stereocenters. The summed E-state index contributed by atoms with van der Waals surface area (Å²) < 4.78 is 1.95. The van der Waals surface area contributed by atoms with E-state index in [0.717, 1.165) is 12.8 Å². The monoisotopic (exact) mass is 271 g/mol. The third-order valence-corrected chi connectivity index (χ3v) is 3.60. The summed E-state index contributed by atoms with van der Waals surface area (Å²) in [6.07, 6.45) is 9.92. The van der Waals surface area contributed by atoms with Gasteiger partial charge in [-0.25, -0.2) is 4.98 Å². The second-order valence-corrected chi connectivity index (χ2v) is 5.07. The highest BCUT2D eigenvalue weighted by atomic mass is 16.1. The normalized spacial score (nSPS) is 15.4. The largest absolute Gasteiger partial charge is 0.384 e. The fourth-order valence-electron chi connectivity index (χ4n) is 2.56. The second-order valence-electron chi connectivity index (χ2n) is 5.07. The van der Waals surface area contributed by atoms with Crippen molar-refractivity contribution in [2.45, 2.75) is 31.7 Å². The number of carbonyl (C=O) groups is 1. The van der Waals surface area contributed by atoms with E-state index < -0.39 is 0 Å². The summed E-state index contributed by atoms with van der Waals surface area (Å²) in [5, 5.41) is 7.15. The number of pyridine rings is 1.